The molecule has 0 heterocycles. The third-order valence-corrected chi connectivity index (χ3v) is 4.11. The van der Waals surface area contributed by atoms with Crippen molar-refractivity contribution in [1.82, 2.24) is 0 Å². The van der Waals surface area contributed by atoms with Crippen molar-refractivity contribution in [3.05, 3.63) is 53.6 Å². The average molecular weight is 366 g/mol. The number of aromatic hydroxyl groups is 1. The van der Waals surface area contributed by atoms with E-state index in [4.69, 9.17) is 0 Å². The first-order chi connectivity index (χ1) is 8.93. The van der Waals surface area contributed by atoms with Crippen molar-refractivity contribution in [2.75, 3.05) is 0 Å². The van der Waals surface area contributed by atoms with E-state index in [0.717, 1.165) is 21.1 Å². The van der Waals surface area contributed by atoms with Crippen molar-refractivity contribution >= 4 is 22.6 Å². The first-order valence-electron chi connectivity index (χ1n) is 6.41. The number of halogens is 1. The van der Waals surface area contributed by atoms with Gasteiger partial charge in [0.05, 0.1) is 0 Å². The summed E-state index contributed by atoms with van der Waals surface area (Å²) < 4.78 is 0.813. The lowest BCUT2D eigenvalue weighted by atomic mass is 9.84. The van der Waals surface area contributed by atoms with Crippen molar-refractivity contribution in [3.8, 4) is 16.9 Å². The van der Waals surface area contributed by atoms with Gasteiger partial charge < -0.3 is 5.11 Å². The highest BCUT2D eigenvalue weighted by Crippen LogP contribution is 2.37. The van der Waals surface area contributed by atoms with E-state index in [9.17, 15) is 5.11 Å². The molecule has 0 aliphatic rings. The molecule has 0 atom stereocenters. The standard InChI is InChI=1S/C17H19IO/c1-17(2,3)14-9-13(11-18)16(19)15(10-14)12-7-5-4-6-8-12/h4-10,19H,11H2,1-3H3. The third-order valence-electron chi connectivity index (χ3n) is 3.28. The van der Waals surface area contributed by atoms with E-state index in [1.165, 1.54) is 5.56 Å². The number of phenols is 1. The maximum absolute atomic E-state index is 10.4. The van der Waals surface area contributed by atoms with Crippen molar-refractivity contribution in [1.29, 1.82) is 0 Å². The average Bonchev–Trinajstić information content (AvgIpc) is 2.38. The van der Waals surface area contributed by atoms with Crippen LogP contribution in [0.2, 0.25) is 0 Å². The normalized spacial score (nSPS) is 11.6. The Hall–Kier alpha value is -1.03. The van der Waals surface area contributed by atoms with E-state index in [-0.39, 0.29) is 5.41 Å². The van der Waals surface area contributed by atoms with Gasteiger partial charge in [-0.05, 0) is 22.6 Å². The quantitative estimate of drug-likeness (QED) is 0.566. The third kappa shape index (κ3) is 3.11. The molecule has 2 aromatic rings. The van der Waals surface area contributed by atoms with Gasteiger partial charge in [-0.15, -0.1) is 0 Å². The van der Waals surface area contributed by atoms with Crippen LogP contribution in [0.1, 0.15) is 31.9 Å². The summed E-state index contributed by atoms with van der Waals surface area (Å²) in [6.07, 6.45) is 0. The second-order valence-electron chi connectivity index (χ2n) is 5.78. The Kier molecular flexibility index (Phi) is 4.19. The SMILES string of the molecule is CC(C)(C)c1cc(CI)c(O)c(-c2ccccc2)c1. The Morgan fingerprint density at radius 2 is 1.68 bits per heavy atom. The highest BCUT2D eigenvalue weighted by Gasteiger charge is 2.18. The first kappa shape index (κ1) is 14.4. The van der Waals surface area contributed by atoms with Crippen LogP contribution in [0.4, 0.5) is 0 Å². The topological polar surface area (TPSA) is 20.2 Å². The number of alkyl halides is 1. The number of hydrogen-bond acceptors (Lipinski definition) is 1. The van der Waals surface area contributed by atoms with Gasteiger partial charge in [0.15, 0.2) is 0 Å². The molecule has 0 bridgehead atoms. The zero-order valence-electron chi connectivity index (χ0n) is 11.6. The van der Waals surface area contributed by atoms with Crippen LogP contribution < -0.4 is 0 Å². The Bertz CT molecular complexity index is 568. The fraction of sp³-hybridized carbons (Fsp3) is 0.294. The summed E-state index contributed by atoms with van der Waals surface area (Å²) in [5.41, 5.74) is 4.34. The van der Waals surface area contributed by atoms with Crippen LogP contribution in [0.15, 0.2) is 42.5 Å². The lowest BCUT2D eigenvalue weighted by Gasteiger charge is -2.22. The summed E-state index contributed by atoms with van der Waals surface area (Å²) >= 11 is 2.30. The van der Waals surface area contributed by atoms with Gasteiger partial charge in [0, 0.05) is 15.6 Å². The molecule has 0 unspecified atom stereocenters. The van der Waals surface area contributed by atoms with Crippen LogP contribution in [0, 0.1) is 0 Å². The van der Waals surface area contributed by atoms with Crippen LogP contribution >= 0.6 is 22.6 Å². The zero-order valence-corrected chi connectivity index (χ0v) is 13.7. The summed E-state index contributed by atoms with van der Waals surface area (Å²) in [7, 11) is 0. The van der Waals surface area contributed by atoms with Gasteiger partial charge in [0.25, 0.3) is 0 Å². The maximum Gasteiger partial charge on any atom is 0.127 e. The van der Waals surface area contributed by atoms with Crippen LogP contribution in [0.3, 0.4) is 0 Å². The van der Waals surface area contributed by atoms with E-state index in [2.05, 4.69) is 55.5 Å². The maximum atomic E-state index is 10.4. The monoisotopic (exact) mass is 366 g/mol. The van der Waals surface area contributed by atoms with Crippen LogP contribution in [-0.4, -0.2) is 5.11 Å². The van der Waals surface area contributed by atoms with Gasteiger partial charge in [-0.2, -0.15) is 0 Å². The fourth-order valence-electron chi connectivity index (χ4n) is 2.07. The number of rotatable bonds is 2. The Labute approximate surface area is 128 Å². The molecule has 2 aromatic carbocycles. The van der Waals surface area contributed by atoms with Crippen LogP contribution in [0.5, 0.6) is 5.75 Å². The van der Waals surface area contributed by atoms with Crippen molar-refractivity contribution in [2.24, 2.45) is 0 Å². The molecule has 100 valence electrons. The summed E-state index contributed by atoms with van der Waals surface area (Å²) in [6, 6.07) is 14.3. The minimum Gasteiger partial charge on any atom is -0.507 e. The Balaban J connectivity index is 2.66. The van der Waals surface area contributed by atoms with Gasteiger partial charge in [-0.25, -0.2) is 0 Å². The first-order valence-corrected chi connectivity index (χ1v) is 7.94. The largest absolute Gasteiger partial charge is 0.507 e. The molecule has 0 aromatic heterocycles. The number of benzene rings is 2. The van der Waals surface area contributed by atoms with E-state index < -0.39 is 0 Å². The predicted molar refractivity (Wildman–Crippen MR) is 90.0 cm³/mol. The molecule has 19 heavy (non-hydrogen) atoms. The molecule has 0 aliphatic heterocycles. The number of hydrogen-bond donors (Lipinski definition) is 1. The highest BCUT2D eigenvalue weighted by molar-refractivity contribution is 14.1. The molecular weight excluding hydrogens is 347 g/mol. The van der Waals surface area contributed by atoms with Gasteiger partial charge in [-0.3, -0.25) is 0 Å². The van der Waals surface area contributed by atoms with Gasteiger partial charge in [-0.1, -0.05) is 79.8 Å². The zero-order chi connectivity index (χ0) is 14.0. The fourth-order valence-corrected chi connectivity index (χ4v) is 2.65. The molecule has 1 N–H and O–H groups in total. The van der Waals surface area contributed by atoms with E-state index in [1.54, 1.807) is 0 Å². The van der Waals surface area contributed by atoms with E-state index >= 15 is 0 Å². The molecule has 0 aliphatic carbocycles. The molecule has 0 saturated carbocycles. The molecule has 1 nitrogen and oxygen atoms in total. The van der Waals surface area contributed by atoms with Gasteiger partial charge in [0.2, 0.25) is 0 Å². The van der Waals surface area contributed by atoms with Crippen molar-refractivity contribution < 1.29 is 5.11 Å². The smallest absolute Gasteiger partial charge is 0.127 e. The molecule has 0 fully saturated rings. The Morgan fingerprint density at radius 1 is 1.05 bits per heavy atom. The summed E-state index contributed by atoms with van der Waals surface area (Å²) in [4.78, 5) is 0. The van der Waals surface area contributed by atoms with Gasteiger partial charge in [0.1, 0.15) is 5.75 Å². The second kappa shape index (κ2) is 5.53. The molecule has 0 radical (unpaired) electrons. The molecule has 0 spiro atoms. The minimum atomic E-state index is 0.0811. The van der Waals surface area contributed by atoms with Crippen LogP contribution in [-0.2, 0) is 9.84 Å². The lowest BCUT2D eigenvalue weighted by molar-refractivity contribution is 0.471. The summed E-state index contributed by atoms with van der Waals surface area (Å²) in [5, 5.41) is 10.4. The van der Waals surface area contributed by atoms with E-state index in [0.29, 0.717) is 5.75 Å². The molecular formula is C17H19IO. The predicted octanol–water partition coefficient (Wildman–Crippen LogP) is 5.29. The molecule has 0 saturated heterocycles. The highest BCUT2D eigenvalue weighted by atomic mass is 127. The van der Waals surface area contributed by atoms with Crippen LogP contribution in [0.25, 0.3) is 11.1 Å². The molecule has 2 heteroatoms. The second-order valence-corrected chi connectivity index (χ2v) is 6.54. The minimum absolute atomic E-state index is 0.0811. The van der Waals surface area contributed by atoms with Gasteiger partial charge >= 0.3 is 0 Å². The lowest BCUT2D eigenvalue weighted by Crippen LogP contribution is -2.11. The van der Waals surface area contributed by atoms with Crippen molar-refractivity contribution in [2.45, 2.75) is 30.6 Å². The van der Waals surface area contributed by atoms with E-state index in [1.807, 2.05) is 30.3 Å². The summed E-state index contributed by atoms with van der Waals surface area (Å²) in [5.74, 6) is 0.411. The molecule has 2 rings (SSSR count). The Morgan fingerprint density at radius 3 is 2.21 bits per heavy atom. The number of phenolic OH excluding ortho intramolecular Hbond substituents is 1. The summed E-state index contributed by atoms with van der Waals surface area (Å²) in [6.45, 7) is 6.60. The molecule has 0 amide bonds. The van der Waals surface area contributed by atoms with Crippen molar-refractivity contribution in [3.63, 3.8) is 0 Å².